The Morgan fingerprint density at radius 2 is 2.11 bits per heavy atom. The second-order valence-corrected chi connectivity index (χ2v) is 6.00. The SMILES string of the molecule is COc1ccc(Br)c(CC(CO)C2CCCC2)c1. The molecule has 0 aliphatic heterocycles. The Hall–Kier alpha value is -0.540. The van der Waals surface area contributed by atoms with Crippen LogP contribution >= 0.6 is 15.9 Å². The summed E-state index contributed by atoms with van der Waals surface area (Å²) in [7, 11) is 1.69. The third kappa shape index (κ3) is 3.27. The van der Waals surface area contributed by atoms with E-state index in [1.54, 1.807) is 7.11 Å². The first-order valence-electron chi connectivity index (χ1n) is 6.68. The van der Waals surface area contributed by atoms with Gasteiger partial charge in [-0.25, -0.2) is 0 Å². The quantitative estimate of drug-likeness (QED) is 0.896. The molecule has 0 bridgehead atoms. The van der Waals surface area contributed by atoms with E-state index in [0.717, 1.165) is 16.6 Å². The van der Waals surface area contributed by atoms with Gasteiger partial charge < -0.3 is 9.84 Å². The monoisotopic (exact) mass is 312 g/mol. The van der Waals surface area contributed by atoms with Crippen LogP contribution in [-0.2, 0) is 6.42 Å². The van der Waals surface area contributed by atoms with Crippen molar-refractivity contribution >= 4 is 15.9 Å². The third-order valence-corrected chi connectivity index (χ3v) is 4.81. The second kappa shape index (κ2) is 6.58. The van der Waals surface area contributed by atoms with Crippen molar-refractivity contribution in [2.45, 2.75) is 32.1 Å². The highest BCUT2D eigenvalue weighted by atomic mass is 79.9. The number of benzene rings is 1. The minimum atomic E-state index is 0.286. The van der Waals surface area contributed by atoms with Crippen molar-refractivity contribution in [2.24, 2.45) is 11.8 Å². The number of hydrogen-bond donors (Lipinski definition) is 1. The molecule has 3 heteroatoms. The Morgan fingerprint density at radius 3 is 2.72 bits per heavy atom. The largest absolute Gasteiger partial charge is 0.497 e. The predicted molar refractivity (Wildman–Crippen MR) is 76.9 cm³/mol. The predicted octanol–water partition coefficient (Wildman–Crippen LogP) is 3.80. The van der Waals surface area contributed by atoms with Crippen LogP contribution in [0.25, 0.3) is 0 Å². The maximum Gasteiger partial charge on any atom is 0.119 e. The molecular formula is C15H21BrO2. The maximum atomic E-state index is 9.62. The van der Waals surface area contributed by atoms with Gasteiger partial charge in [-0.3, -0.25) is 0 Å². The summed E-state index contributed by atoms with van der Waals surface area (Å²) in [6, 6.07) is 6.05. The van der Waals surface area contributed by atoms with E-state index in [4.69, 9.17) is 4.74 Å². The third-order valence-electron chi connectivity index (χ3n) is 4.04. The first-order valence-corrected chi connectivity index (χ1v) is 7.47. The summed E-state index contributed by atoms with van der Waals surface area (Å²) in [6.45, 7) is 0.286. The van der Waals surface area contributed by atoms with Crippen molar-refractivity contribution in [3.63, 3.8) is 0 Å². The molecular weight excluding hydrogens is 292 g/mol. The van der Waals surface area contributed by atoms with E-state index in [2.05, 4.69) is 22.0 Å². The average molecular weight is 313 g/mol. The highest BCUT2D eigenvalue weighted by Gasteiger charge is 2.25. The fourth-order valence-corrected chi connectivity index (χ4v) is 3.33. The first kappa shape index (κ1) is 13.9. The number of ether oxygens (including phenoxy) is 1. The summed E-state index contributed by atoms with van der Waals surface area (Å²) in [5.74, 6) is 1.96. The van der Waals surface area contributed by atoms with Gasteiger partial charge >= 0.3 is 0 Å². The molecule has 0 heterocycles. The fraction of sp³-hybridized carbons (Fsp3) is 0.600. The van der Waals surface area contributed by atoms with Gasteiger partial charge in [-0.05, 0) is 42.0 Å². The Labute approximate surface area is 117 Å². The normalized spacial score (nSPS) is 17.9. The van der Waals surface area contributed by atoms with Crippen molar-refractivity contribution in [2.75, 3.05) is 13.7 Å². The summed E-state index contributed by atoms with van der Waals surface area (Å²) in [4.78, 5) is 0. The van der Waals surface area contributed by atoms with E-state index in [-0.39, 0.29) is 6.61 Å². The number of hydrogen-bond acceptors (Lipinski definition) is 2. The topological polar surface area (TPSA) is 29.5 Å². The summed E-state index contributed by atoms with van der Waals surface area (Å²) in [5.41, 5.74) is 1.24. The van der Waals surface area contributed by atoms with Gasteiger partial charge in [-0.2, -0.15) is 0 Å². The van der Waals surface area contributed by atoms with Crippen molar-refractivity contribution in [1.29, 1.82) is 0 Å². The van der Waals surface area contributed by atoms with Crippen LogP contribution in [0.4, 0.5) is 0 Å². The molecule has 1 aliphatic carbocycles. The van der Waals surface area contributed by atoms with Gasteiger partial charge in [0.05, 0.1) is 7.11 Å². The number of aliphatic hydroxyl groups is 1. The highest BCUT2D eigenvalue weighted by Crippen LogP contribution is 2.34. The van der Waals surface area contributed by atoms with E-state index in [9.17, 15) is 5.11 Å². The smallest absolute Gasteiger partial charge is 0.119 e. The van der Waals surface area contributed by atoms with Crippen molar-refractivity contribution in [1.82, 2.24) is 0 Å². The molecule has 1 atom stereocenters. The summed E-state index contributed by atoms with van der Waals surface area (Å²) in [6.07, 6.45) is 6.11. The van der Waals surface area contributed by atoms with E-state index < -0.39 is 0 Å². The van der Waals surface area contributed by atoms with Gasteiger partial charge in [0.25, 0.3) is 0 Å². The maximum absolute atomic E-state index is 9.62. The van der Waals surface area contributed by atoms with E-state index in [1.807, 2.05) is 12.1 Å². The van der Waals surface area contributed by atoms with Crippen LogP contribution in [-0.4, -0.2) is 18.8 Å². The lowest BCUT2D eigenvalue weighted by Crippen LogP contribution is -2.19. The lowest BCUT2D eigenvalue weighted by atomic mass is 9.86. The van der Waals surface area contributed by atoms with Gasteiger partial charge in [0.2, 0.25) is 0 Å². The standard InChI is InChI=1S/C15H21BrO2/c1-18-14-6-7-15(16)12(9-14)8-13(10-17)11-4-2-3-5-11/h6-7,9,11,13,17H,2-5,8,10H2,1H3. The van der Waals surface area contributed by atoms with Crippen LogP contribution in [0.15, 0.2) is 22.7 Å². The molecule has 1 N–H and O–H groups in total. The van der Waals surface area contributed by atoms with Gasteiger partial charge in [0, 0.05) is 11.1 Å². The van der Waals surface area contributed by atoms with E-state index in [1.165, 1.54) is 31.2 Å². The Balaban J connectivity index is 2.10. The van der Waals surface area contributed by atoms with Crippen LogP contribution in [0, 0.1) is 11.8 Å². The zero-order valence-electron chi connectivity index (χ0n) is 10.9. The molecule has 1 unspecified atom stereocenters. The molecule has 0 saturated heterocycles. The molecule has 18 heavy (non-hydrogen) atoms. The number of halogens is 1. The van der Waals surface area contributed by atoms with Crippen LogP contribution < -0.4 is 4.74 Å². The molecule has 0 spiro atoms. The van der Waals surface area contributed by atoms with Gasteiger partial charge in [0.1, 0.15) is 5.75 Å². The van der Waals surface area contributed by atoms with Crippen molar-refractivity contribution < 1.29 is 9.84 Å². The van der Waals surface area contributed by atoms with Crippen LogP contribution in [0.3, 0.4) is 0 Å². The van der Waals surface area contributed by atoms with Crippen molar-refractivity contribution in [3.8, 4) is 5.75 Å². The molecule has 0 radical (unpaired) electrons. The highest BCUT2D eigenvalue weighted by molar-refractivity contribution is 9.10. The number of methoxy groups -OCH3 is 1. The Kier molecular flexibility index (Phi) is 5.07. The van der Waals surface area contributed by atoms with Crippen LogP contribution in [0.2, 0.25) is 0 Å². The molecule has 1 aromatic rings. The van der Waals surface area contributed by atoms with E-state index >= 15 is 0 Å². The molecule has 1 aromatic carbocycles. The van der Waals surface area contributed by atoms with Gasteiger partial charge in [-0.1, -0.05) is 41.6 Å². The minimum Gasteiger partial charge on any atom is -0.497 e. The molecule has 0 aromatic heterocycles. The zero-order valence-corrected chi connectivity index (χ0v) is 12.4. The van der Waals surface area contributed by atoms with Gasteiger partial charge in [-0.15, -0.1) is 0 Å². The van der Waals surface area contributed by atoms with E-state index in [0.29, 0.717) is 11.8 Å². The fourth-order valence-electron chi connectivity index (χ4n) is 2.93. The summed E-state index contributed by atoms with van der Waals surface area (Å²) >= 11 is 3.59. The lowest BCUT2D eigenvalue weighted by molar-refractivity contribution is 0.175. The summed E-state index contributed by atoms with van der Waals surface area (Å²) in [5, 5.41) is 9.62. The number of rotatable bonds is 5. The molecule has 1 saturated carbocycles. The lowest BCUT2D eigenvalue weighted by Gasteiger charge is -2.22. The molecule has 2 nitrogen and oxygen atoms in total. The molecule has 1 fully saturated rings. The average Bonchev–Trinajstić information content (AvgIpc) is 2.91. The minimum absolute atomic E-state index is 0.286. The molecule has 0 amide bonds. The first-order chi connectivity index (χ1) is 8.74. The molecule has 1 aliphatic rings. The molecule has 2 rings (SSSR count). The van der Waals surface area contributed by atoms with Crippen molar-refractivity contribution in [3.05, 3.63) is 28.2 Å². The summed E-state index contributed by atoms with van der Waals surface area (Å²) < 4.78 is 6.38. The van der Waals surface area contributed by atoms with Gasteiger partial charge in [0.15, 0.2) is 0 Å². The zero-order chi connectivity index (χ0) is 13.0. The van der Waals surface area contributed by atoms with Crippen LogP contribution in [0.5, 0.6) is 5.75 Å². The van der Waals surface area contributed by atoms with Crippen LogP contribution in [0.1, 0.15) is 31.2 Å². The number of aliphatic hydroxyl groups excluding tert-OH is 1. The molecule has 100 valence electrons. The Bertz CT molecular complexity index is 386. The second-order valence-electron chi connectivity index (χ2n) is 5.15. The Morgan fingerprint density at radius 1 is 1.39 bits per heavy atom.